The van der Waals surface area contributed by atoms with Crippen molar-refractivity contribution < 1.29 is 18.0 Å². The van der Waals surface area contributed by atoms with Crippen LogP contribution < -0.4 is 16.4 Å². The Bertz CT molecular complexity index is 899. The summed E-state index contributed by atoms with van der Waals surface area (Å²) in [6.07, 6.45) is 2.35. The van der Waals surface area contributed by atoms with Crippen LogP contribution in [0.3, 0.4) is 0 Å². The summed E-state index contributed by atoms with van der Waals surface area (Å²) in [5, 5.41) is 5.75. The SMILES string of the molecule is CCCS(=O)(=O)N1CCN(C(=O)Nc2cccc(C)c2)C1C(=O)NC1CCC(N)CC1. The van der Waals surface area contributed by atoms with Crippen LogP contribution in [0.25, 0.3) is 0 Å². The van der Waals surface area contributed by atoms with Crippen LogP contribution in [0.5, 0.6) is 0 Å². The smallest absolute Gasteiger partial charge is 0.323 e. The van der Waals surface area contributed by atoms with Gasteiger partial charge in [0.1, 0.15) is 0 Å². The number of carbonyl (C=O) groups is 2. The molecule has 1 unspecified atom stereocenters. The van der Waals surface area contributed by atoms with Crippen molar-refractivity contribution in [3.63, 3.8) is 0 Å². The first-order valence-corrected chi connectivity index (χ1v) is 12.5. The number of urea groups is 1. The number of rotatable bonds is 6. The molecule has 3 rings (SSSR count). The van der Waals surface area contributed by atoms with E-state index in [9.17, 15) is 18.0 Å². The fourth-order valence-electron chi connectivity index (χ4n) is 4.22. The number of hydrogen-bond acceptors (Lipinski definition) is 5. The van der Waals surface area contributed by atoms with Gasteiger partial charge in [0.25, 0.3) is 5.91 Å². The van der Waals surface area contributed by atoms with Crippen molar-refractivity contribution in [3.8, 4) is 0 Å². The third kappa shape index (κ3) is 5.75. The molecule has 9 nitrogen and oxygen atoms in total. The monoisotopic (exact) mass is 451 g/mol. The molecular weight excluding hydrogens is 418 g/mol. The van der Waals surface area contributed by atoms with Gasteiger partial charge in [-0.1, -0.05) is 19.1 Å². The molecule has 1 heterocycles. The zero-order chi connectivity index (χ0) is 22.6. The highest BCUT2D eigenvalue weighted by Crippen LogP contribution is 2.23. The first-order chi connectivity index (χ1) is 14.7. The first kappa shape index (κ1) is 23.5. The molecule has 4 N–H and O–H groups in total. The van der Waals surface area contributed by atoms with Crippen molar-refractivity contribution >= 4 is 27.6 Å². The van der Waals surface area contributed by atoms with Gasteiger partial charge in [-0.3, -0.25) is 9.69 Å². The molecule has 1 atom stereocenters. The third-order valence-electron chi connectivity index (χ3n) is 5.83. The van der Waals surface area contributed by atoms with Gasteiger partial charge in [-0.15, -0.1) is 0 Å². The Labute approximate surface area is 184 Å². The minimum absolute atomic E-state index is 0.0645. The summed E-state index contributed by atoms with van der Waals surface area (Å²) in [6, 6.07) is 6.89. The van der Waals surface area contributed by atoms with Crippen LogP contribution in [-0.2, 0) is 14.8 Å². The number of hydrogen-bond donors (Lipinski definition) is 3. The van der Waals surface area contributed by atoms with Crippen molar-refractivity contribution in [1.29, 1.82) is 0 Å². The first-order valence-electron chi connectivity index (χ1n) is 10.9. The fraction of sp³-hybridized carbons (Fsp3) is 0.619. The molecule has 1 aromatic carbocycles. The predicted octanol–water partition coefficient (Wildman–Crippen LogP) is 1.60. The zero-order valence-corrected chi connectivity index (χ0v) is 19.0. The maximum absolute atomic E-state index is 13.2. The summed E-state index contributed by atoms with van der Waals surface area (Å²) in [6.45, 7) is 3.93. The van der Waals surface area contributed by atoms with E-state index in [2.05, 4.69) is 10.6 Å². The second-order valence-electron chi connectivity index (χ2n) is 8.41. The lowest BCUT2D eigenvalue weighted by Gasteiger charge is -2.32. The van der Waals surface area contributed by atoms with E-state index in [-0.39, 0.29) is 30.9 Å². The standard InChI is InChI=1S/C21H33N5O4S/c1-3-13-31(29,30)26-12-11-25(21(28)24-18-6-4-5-15(2)14-18)20(26)19(27)23-17-9-7-16(22)8-10-17/h4-6,14,16-17,20H,3,7-13,22H2,1-2H3,(H,23,27)(H,24,28). The van der Waals surface area contributed by atoms with Crippen molar-refractivity contribution in [2.24, 2.45) is 5.73 Å². The van der Waals surface area contributed by atoms with Gasteiger partial charge in [-0.25, -0.2) is 13.2 Å². The molecule has 0 spiro atoms. The molecule has 0 radical (unpaired) electrons. The number of sulfonamides is 1. The Morgan fingerprint density at radius 1 is 1.16 bits per heavy atom. The van der Waals surface area contributed by atoms with Crippen LogP contribution in [0.15, 0.2) is 24.3 Å². The molecule has 2 fully saturated rings. The van der Waals surface area contributed by atoms with Crippen molar-refractivity contribution in [2.45, 2.75) is 64.2 Å². The summed E-state index contributed by atoms with van der Waals surface area (Å²) in [5.41, 5.74) is 7.53. The number of amides is 3. The molecule has 1 aliphatic heterocycles. The van der Waals surface area contributed by atoms with E-state index in [1.807, 2.05) is 25.1 Å². The molecular formula is C21H33N5O4S. The number of aryl methyl sites for hydroxylation is 1. The van der Waals surface area contributed by atoms with Crippen LogP contribution >= 0.6 is 0 Å². The molecule has 172 valence electrons. The molecule has 1 saturated heterocycles. The normalized spacial score (nSPS) is 24.7. The molecule has 2 aliphatic rings. The van der Waals surface area contributed by atoms with Gasteiger partial charge in [0.05, 0.1) is 5.75 Å². The van der Waals surface area contributed by atoms with E-state index in [1.165, 1.54) is 4.90 Å². The van der Waals surface area contributed by atoms with Crippen LogP contribution in [0.4, 0.5) is 10.5 Å². The van der Waals surface area contributed by atoms with Crippen molar-refractivity contribution in [3.05, 3.63) is 29.8 Å². The van der Waals surface area contributed by atoms with E-state index in [0.29, 0.717) is 12.1 Å². The van der Waals surface area contributed by atoms with Crippen molar-refractivity contribution in [2.75, 3.05) is 24.2 Å². The number of nitrogens with zero attached hydrogens (tertiary/aromatic N) is 2. The quantitative estimate of drug-likeness (QED) is 0.606. The summed E-state index contributed by atoms with van der Waals surface area (Å²) in [5.74, 6) is -0.528. The van der Waals surface area contributed by atoms with E-state index in [1.54, 1.807) is 13.0 Å². The fourth-order valence-corrected chi connectivity index (χ4v) is 5.84. The van der Waals surface area contributed by atoms with Crippen LogP contribution in [0, 0.1) is 6.92 Å². The number of nitrogens with one attached hydrogen (secondary N) is 2. The highest BCUT2D eigenvalue weighted by atomic mass is 32.2. The van der Waals surface area contributed by atoms with Gasteiger partial charge < -0.3 is 16.4 Å². The lowest BCUT2D eigenvalue weighted by atomic mass is 9.92. The lowest BCUT2D eigenvalue weighted by Crippen LogP contribution is -2.57. The maximum Gasteiger partial charge on any atom is 0.323 e. The van der Waals surface area contributed by atoms with Gasteiger partial charge in [-0.05, 0) is 56.7 Å². The van der Waals surface area contributed by atoms with Gasteiger partial charge in [0.2, 0.25) is 10.0 Å². The summed E-state index contributed by atoms with van der Waals surface area (Å²) in [7, 11) is -3.67. The van der Waals surface area contributed by atoms with Gasteiger partial charge in [0, 0.05) is 30.9 Å². The number of nitrogens with two attached hydrogens (primary N) is 1. The molecule has 1 aromatic rings. The molecule has 1 aliphatic carbocycles. The zero-order valence-electron chi connectivity index (χ0n) is 18.2. The average Bonchev–Trinajstić information content (AvgIpc) is 3.16. The predicted molar refractivity (Wildman–Crippen MR) is 120 cm³/mol. The highest BCUT2D eigenvalue weighted by Gasteiger charge is 2.46. The van der Waals surface area contributed by atoms with Crippen LogP contribution in [0.1, 0.15) is 44.6 Å². The molecule has 31 heavy (non-hydrogen) atoms. The van der Waals surface area contributed by atoms with E-state index >= 15 is 0 Å². The summed E-state index contributed by atoms with van der Waals surface area (Å²) in [4.78, 5) is 27.5. The number of carbonyl (C=O) groups excluding carboxylic acids is 2. The largest absolute Gasteiger partial charge is 0.350 e. The molecule has 10 heteroatoms. The van der Waals surface area contributed by atoms with Crippen LogP contribution in [-0.4, -0.2) is 66.7 Å². The molecule has 1 saturated carbocycles. The van der Waals surface area contributed by atoms with Gasteiger partial charge in [-0.2, -0.15) is 4.31 Å². The Kier molecular flexibility index (Phi) is 7.55. The minimum Gasteiger partial charge on any atom is -0.350 e. The number of anilines is 1. The molecule has 3 amide bonds. The second kappa shape index (κ2) is 9.97. The minimum atomic E-state index is -3.67. The Morgan fingerprint density at radius 2 is 1.87 bits per heavy atom. The van der Waals surface area contributed by atoms with E-state index in [0.717, 1.165) is 35.6 Å². The topological polar surface area (TPSA) is 125 Å². The van der Waals surface area contributed by atoms with Crippen LogP contribution in [0.2, 0.25) is 0 Å². The second-order valence-corrected chi connectivity index (χ2v) is 10.5. The Morgan fingerprint density at radius 3 is 2.52 bits per heavy atom. The summed E-state index contributed by atoms with van der Waals surface area (Å²) >= 11 is 0. The summed E-state index contributed by atoms with van der Waals surface area (Å²) < 4.78 is 26.8. The van der Waals surface area contributed by atoms with Gasteiger partial charge >= 0.3 is 6.03 Å². The van der Waals surface area contributed by atoms with Gasteiger partial charge in [0.15, 0.2) is 6.17 Å². The van der Waals surface area contributed by atoms with Crippen molar-refractivity contribution in [1.82, 2.24) is 14.5 Å². The Hall–Kier alpha value is -2.17. The number of benzene rings is 1. The average molecular weight is 452 g/mol. The van der Waals surface area contributed by atoms with E-state index in [4.69, 9.17) is 5.73 Å². The highest BCUT2D eigenvalue weighted by molar-refractivity contribution is 7.89. The molecule has 0 aromatic heterocycles. The third-order valence-corrected chi connectivity index (χ3v) is 7.85. The maximum atomic E-state index is 13.2. The lowest BCUT2D eigenvalue weighted by molar-refractivity contribution is -0.128. The molecule has 0 bridgehead atoms. The van der Waals surface area contributed by atoms with E-state index < -0.39 is 28.1 Å². The Balaban J connectivity index is 1.79.